The summed E-state index contributed by atoms with van der Waals surface area (Å²) in [6.45, 7) is 2.91. The van der Waals surface area contributed by atoms with E-state index in [1.165, 1.54) is 37.7 Å². The van der Waals surface area contributed by atoms with Gasteiger partial charge in [0.2, 0.25) is 0 Å². The summed E-state index contributed by atoms with van der Waals surface area (Å²) in [7, 11) is 0. The van der Waals surface area contributed by atoms with E-state index in [4.69, 9.17) is 0 Å². The van der Waals surface area contributed by atoms with Gasteiger partial charge in [0.15, 0.2) is 0 Å². The lowest BCUT2D eigenvalue weighted by atomic mass is 9.94. The van der Waals surface area contributed by atoms with Crippen molar-refractivity contribution >= 4 is 6.03 Å². The molecule has 2 aliphatic rings. The lowest BCUT2D eigenvalue weighted by Crippen LogP contribution is -2.47. The third-order valence-corrected chi connectivity index (χ3v) is 4.94. The number of carbonyl (C=O) groups is 1. The average molecular weight is 286 g/mol. The SMILES string of the molecule is CCN(C(=O)N[C@H]1C[C@H]1c1ccccc1)C1CCCCC1. The molecule has 0 spiro atoms. The molecule has 2 fully saturated rings. The minimum absolute atomic E-state index is 0.146. The highest BCUT2D eigenvalue weighted by atomic mass is 16.2. The smallest absolute Gasteiger partial charge is 0.317 e. The summed E-state index contributed by atoms with van der Waals surface area (Å²) in [6.07, 6.45) is 7.30. The zero-order chi connectivity index (χ0) is 14.7. The fraction of sp³-hybridized carbons (Fsp3) is 0.611. The molecule has 0 aliphatic heterocycles. The van der Waals surface area contributed by atoms with Crippen LogP contribution < -0.4 is 5.32 Å². The van der Waals surface area contributed by atoms with Gasteiger partial charge in [-0.15, -0.1) is 0 Å². The van der Waals surface area contributed by atoms with Crippen LogP contribution in [0.1, 0.15) is 56.9 Å². The lowest BCUT2D eigenvalue weighted by molar-refractivity contribution is 0.159. The molecule has 0 heterocycles. The number of amides is 2. The van der Waals surface area contributed by atoms with Crippen LogP contribution >= 0.6 is 0 Å². The van der Waals surface area contributed by atoms with E-state index in [0.29, 0.717) is 18.0 Å². The Morgan fingerprint density at radius 3 is 2.57 bits per heavy atom. The van der Waals surface area contributed by atoms with Gasteiger partial charge in [0.05, 0.1) is 0 Å². The number of urea groups is 1. The second-order valence-corrected chi connectivity index (χ2v) is 6.39. The first-order chi connectivity index (χ1) is 10.3. The summed E-state index contributed by atoms with van der Waals surface area (Å²) in [5.41, 5.74) is 1.35. The van der Waals surface area contributed by atoms with Crippen molar-refractivity contribution in [2.24, 2.45) is 0 Å². The van der Waals surface area contributed by atoms with Gasteiger partial charge < -0.3 is 10.2 Å². The highest BCUT2D eigenvalue weighted by Crippen LogP contribution is 2.40. The summed E-state index contributed by atoms with van der Waals surface area (Å²) in [4.78, 5) is 14.6. The van der Waals surface area contributed by atoms with Gasteiger partial charge in [0.25, 0.3) is 0 Å². The van der Waals surface area contributed by atoms with E-state index < -0.39 is 0 Å². The van der Waals surface area contributed by atoms with Crippen molar-refractivity contribution < 1.29 is 4.79 Å². The van der Waals surface area contributed by atoms with Crippen molar-refractivity contribution in [3.8, 4) is 0 Å². The van der Waals surface area contributed by atoms with Crippen molar-refractivity contribution in [1.29, 1.82) is 0 Å². The quantitative estimate of drug-likeness (QED) is 0.894. The lowest BCUT2D eigenvalue weighted by Gasteiger charge is -2.33. The molecule has 3 rings (SSSR count). The molecule has 0 unspecified atom stereocenters. The number of hydrogen-bond acceptors (Lipinski definition) is 1. The zero-order valence-electron chi connectivity index (χ0n) is 12.9. The first-order valence-electron chi connectivity index (χ1n) is 8.41. The van der Waals surface area contributed by atoms with Crippen molar-refractivity contribution in [2.45, 2.75) is 63.5 Å². The fourth-order valence-corrected chi connectivity index (χ4v) is 3.63. The number of carbonyl (C=O) groups excluding carboxylic acids is 1. The third-order valence-electron chi connectivity index (χ3n) is 4.94. The molecule has 2 saturated carbocycles. The maximum Gasteiger partial charge on any atom is 0.317 e. The Morgan fingerprint density at radius 2 is 1.90 bits per heavy atom. The molecule has 2 atom stereocenters. The normalized spacial score (nSPS) is 25.4. The van der Waals surface area contributed by atoms with E-state index >= 15 is 0 Å². The molecular formula is C18H26N2O. The third kappa shape index (κ3) is 3.39. The van der Waals surface area contributed by atoms with Crippen molar-refractivity contribution in [2.75, 3.05) is 6.54 Å². The predicted octanol–water partition coefficient (Wildman–Crippen LogP) is 3.91. The molecule has 2 aliphatic carbocycles. The molecule has 1 aromatic rings. The van der Waals surface area contributed by atoms with E-state index in [0.717, 1.165) is 13.0 Å². The average Bonchev–Trinajstić information content (AvgIpc) is 3.29. The molecule has 0 saturated heterocycles. The summed E-state index contributed by atoms with van der Waals surface area (Å²) >= 11 is 0. The van der Waals surface area contributed by atoms with Gasteiger partial charge in [-0.2, -0.15) is 0 Å². The number of nitrogens with zero attached hydrogens (tertiary/aromatic N) is 1. The number of benzene rings is 1. The Labute approximate surface area is 127 Å². The summed E-state index contributed by atoms with van der Waals surface area (Å²) in [5, 5.41) is 3.24. The summed E-state index contributed by atoms with van der Waals surface area (Å²) < 4.78 is 0. The molecular weight excluding hydrogens is 260 g/mol. The Kier molecular flexibility index (Phi) is 4.47. The second-order valence-electron chi connectivity index (χ2n) is 6.39. The van der Waals surface area contributed by atoms with Crippen molar-refractivity contribution in [3.05, 3.63) is 35.9 Å². The first kappa shape index (κ1) is 14.4. The van der Waals surface area contributed by atoms with E-state index in [2.05, 4.69) is 41.4 Å². The van der Waals surface area contributed by atoms with E-state index in [-0.39, 0.29) is 6.03 Å². The van der Waals surface area contributed by atoms with Crippen LogP contribution in [0.15, 0.2) is 30.3 Å². The van der Waals surface area contributed by atoms with E-state index in [1.54, 1.807) is 0 Å². The van der Waals surface area contributed by atoms with Gasteiger partial charge in [-0.05, 0) is 31.7 Å². The van der Waals surface area contributed by atoms with Gasteiger partial charge in [-0.25, -0.2) is 4.79 Å². The standard InChI is InChI=1S/C18H26N2O/c1-2-20(15-11-7-4-8-12-15)18(21)19-17-13-16(17)14-9-5-3-6-10-14/h3,5-6,9-10,15-17H,2,4,7-8,11-13H2,1H3,(H,19,21)/t16-,17-/m0/s1. The van der Waals surface area contributed by atoms with Crippen LogP contribution in [0.25, 0.3) is 0 Å². The van der Waals surface area contributed by atoms with Crippen LogP contribution in [0.4, 0.5) is 4.79 Å². The number of rotatable bonds is 4. The summed E-state index contributed by atoms with van der Waals surface area (Å²) in [5.74, 6) is 0.514. The summed E-state index contributed by atoms with van der Waals surface area (Å²) in [6, 6.07) is 11.5. The largest absolute Gasteiger partial charge is 0.335 e. The van der Waals surface area contributed by atoms with Gasteiger partial charge in [0.1, 0.15) is 0 Å². The van der Waals surface area contributed by atoms with Crippen molar-refractivity contribution in [3.63, 3.8) is 0 Å². The molecule has 0 aromatic heterocycles. The topological polar surface area (TPSA) is 32.3 Å². The fourth-order valence-electron chi connectivity index (χ4n) is 3.63. The monoisotopic (exact) mass is 286 g/mol. The van der Waals surface area contributed by atoms with Gasteiger partial charge in [-0.1, -0.05) is 49.6 Å². The molecule has 1 aromatic carbocycles. The van der Waals surface area contributed by atoms with E-state index in [9.17, 15) is 4.79 Å². The second kappa shape index (κ2) is 6.50. The minimum Gasteiger partial charge on any atom is -0.335 e. The predicted molar refractivity (Wildman–Crippen MR) is 85.4 cm³/mol. The molecule has 0 bridgehead atoms. The van der Waals surface area contributed by atoms with E-state index in [1.807, 2.05) is 6.07 Å². The highest BCUT2D eigenvalue weighted by Gasteiger charge is 2.40. The van der Waals surface area contributed by atoms with Crippen LogP contribution in [-0.2, 0) is 0 Å². The maximum absolute atomic E-state index is 12.5. The molecule has 114 valence electrons. The molecule has 1 N–H and O–H groups in total. The number of nitrogens with one attached hydrogen (secondary N) is 1. The van der Waals surface area contributed by atoms with Gasteiger partial charge >= 0.3 is 6.03 Å². The molecule has 3 nitrogen and oxygen atoms in total. The van der Waals surface area contributed by atoms with Gasteiger partial charge in [0, 0.05) is 24.5 Å². The Balaban J connectivity index is 1.54. The molecule has 21 heavy (non-hydrogen) atoms. The van der Waals surface area contributed by atoms with Crippen LogP contribution in [0.5, 0.6) is 0 Å². The maximum atomic E-state index is 12.5. The molecule has 2 amide bonds. The van der Waals surface area contributed by atoms with Crippen LogP contribution in [0.2, 0.25) is 0 Å². The Bertz CT molecular complexity index is 467. The molecule has 3 heteroatoms. The van der Waals surface area contributed by atoms with Crippen LogP contribution in [0, 0.1) is 0 Å². The first-order valence-corrected chi connectivity index (χ1v) is 8.41. The highest BCUT2D eigenvalue weighted by molar-refractivity contribution is 5.75. The van der Waals surface area contributed by atoms with Crippen LogP contribution in [-0.4, -0.2) is 29.6 Å². The Morgan fingerprint density at radius 1 is 1.19 bits per heavy atom. The zero-order valence-corrected chi connectivity index (χ0v) is 12.9. The number of hydrogen-bond donors (Lipinski definition) is 1. The van der Waals surface area contributed by atoms with Crippen LogP contribution in [0.3, 0.4) is 0 Å². The molecule has 0 radical (unpaired) electrons. The van der Waals surface area contributed by atoms with Crippen molar-refractivity contribution in [1.82, 2.24) is 10.2 Å². The minimum atomic E-state index is 0.146. The Hall–Kier alpha value is -1.51. The van der Waals surface area contributed by atoms with Gasteiger partial charge in [-0.3, -0.25) is 0 Å².